The molecule has 1 aliphatic heterocycles. The van der Waals surface area contributed by atoms with Gasteiger partial charge in [-0.25, -0.2) is 4.79 Å². The second kappa shape index (κ2) is 9.31. The van der Waals surface area contributed by atoms with E-state index >= 15 is 0 Å². The molecule has 0 spiro atoms. The number of methoxy groups -OCH3 is 1. The summed E-state index contributed by atoms with van der Waals surface area (Å²) in [5, 5.41) is 5.76. The number of nitrogens with zero attached hydrogens (tertiary/aromatic N) is 1. The molecule has 5 heteroatoms. The fourth-order valence-corrected chi connectivity index (χ4v) is 3.56. The van der Waals surface area contributed by atoms with Gasteiger partial charge < -0.3 is 20.3 Å². The molecule has 0 radical (unpaired) electrons. The van der Waals surface area contributed by atoms with Gasteiger partial charge in [-0.05, 0) is 67.1 Å². The highest BCUT2D eigenvalue weighted by Gasteiger charge is 2.16. The van der Waals surface area contributed by atoms with Crippen LogP contribution in [-0.2, 0) is 12.8 Å². The highest BCUT2D eigenvalue weighted by molar-refractivity contribution is 5.89. The van der Waals surface area contributed by atoms with Crippen LogP contribution in [0.3, 0.4) is 0 Å². The highest BCUT2D eigenvalue weighted by Crippen LogP contribution is 2.28. The van der Waals surface area contributed by atoms with Gasteiger partial charge in [0.15, 0.2) is 0 Å². The number of hydrogen-bond acceptors (Lipinski definition) is 3. The third-order valence-corrected chi connectivity index (χ3v) is 4.90. The Kier molecular flexibility index (Phi) is 6.58. The van der Waals surface area contributed by atoms with E-state index in [1.807, 2.05) is 24.3 Å². The quantitative estimate of drug-likeness (QED) is 0.770. The number of rotatable bonds is 7. The first-order chi connectivity index (χ1) is 13.2. The molecule has 0 fully saturated rings. The van der Waals surface area contributed by atoms with E-state index in [4.69, 9.17) is 4.74 Å². The van der Waals surface area contributed by atoms with E-state index in [2.05, 4.69) is 40.7 Å². The second-order valence-electron chi connectivity index (χ2n) is 6.91. The van der Waals surface area contributed by atoms with Gasteiger partial charge in [-0.3, -0.25) is 0 Å². The topological polar surface area (TPSA) is 53.6 Å². The van der Waals surface area contributed by atoms with Gasteiger partial charge >= 0.3 is 6.03 Å². The van der Waals surface area contributed by atoms with Crippen molar-refractivity contribution in [3.8, 4) is 5.75 Å². The number of aryl methyl sites for hydroxylation is 1. The molecule has 2 aromatic rings. The zero-order chi connectivity index (χ0) is 19.1. The third-order valence-electron chi connectivity index (χ3n) is 4.90. The van der Waals surface area contributed by atoms with E-state index in [1.54, 1.807) is 7.11 Å². The first-order valence-corrected chi connectivity index (χ1v) is 9.75. The molecule has 0 bridgehead atoms. The molecule has 2 amide bonds. The first kappa shape index (κ1) is 19.1. The van der Waals surface area contributed by atoms with Crippen LogP contribution in [0.5, 0.6) is 5.75 Å². The van der Waals surface area contributed by atoms with Gasteiger partial charge in [0.05, 0.1) is 7.11 Å². The number of benzene rings is 2. The van der Waals surface area contributed by atoms with Crippen LogP contribution in [-0.4, -0.2) is 32.8 Å². The van der Waals surface area contributed by atoms with E-state index < -0.39 is 0 Å². The molecule has 0 unspecified atom stereocenters. The fraction of sp³-hybridized carbons (Fsp3) is 0.409. The van der Waals surface area contributed by atoms with Crippen molar-refractivity contribution < 1.29 is 9.53 Å². The molecular formula is C22H29N3O2. The van der Waals surface area contributed by atoms with Crippen LogP contribution in [0.15, 0.2) is 42.5 Å². The number of urea groups is 1. The van der Waals surface area contributed by atoms with Crippen molar-refractivity contribution in [3.63, 3.8) is 0 Å². The molecule has 27 heavy (non-hydrogen) atoms. The summed E-state index contributed by atoms with van der Waals surface area (Å²) in [6.07, 6.45) is 4.37. The van der Waals surface area contributed by atoms with Crippen LogP contribution in [0, 0.1) is 0 Å². The van der Waals surface area contributed by atoms with Crippen LogP contribution in [0.25, 0.3) is 0 Å². The molecule has 1 aliphatic rings. The maximum Gasteiger partial charge on any atom is 0.319 e. The van der Waals surface area contributed by atoms with Gasteiger partial charge in [-0.1, -0.05) is 19.1 Å². The van der Waals surface area contributed by atoms with E-state index in [0.717, 1.165) is 37.4 Å². The summed E-state index contributed by atoms with van der Waals surface area (Å²) < 4.78 is 5.12. The van der Waals surface area contributed by atoms with Gasteiger partial charge in [0.2, 0.25) is 0 Å². The maximum absolute atomic E-state index is 12.0. The Hall–Kier alpha value is -2.69. The molecule has 144 valence electrons. The number of nitrogens with one attached hydrogen (secondary N) is 2. The van der Waals surface area contributed by atoms with Crippen molar-refractivity contribution in [1.29, 1.82) is 0 Å². The zero-order valence-corrected chi connectivity index (χ0v) is 16.3. The average Bonchev–Trinajstić information content (AvgIpc) is 2.69. The summed E-state index contributed by atoms with van der Waals surface area (Å²) in [5.74, 6) is 0.769. The summed E-state index contributed by atoms with van der Waals surface area (Å²) in [4.78, 5) is 14.5. The minimum absolute atomic E-state index is 0.188. The van der Waals surface area contributed by atoms with Gasteiger partial charge in [0, 0.05) is 31.0 Å². The minimum atomic E-state index is -0.188. The lowest BCUT2D eigenvalue weighted by Crippen LogP contribution is -2.31. The summed E-state index contributed by atoms with van der Waals surface area (Å²) in [6, 6.07) is 13.8. The normalized spacial score (nSPS) is 13.0. The Morgan fingerprint density at radius 2 is 2.00 bits per heavy atom. The number of carbonyl (C=O) groups excluding carboxylic acids is 1. The number of ether oxygens (including phenoxy) is 1. The van der Waals surface area contributed by atoms with E-state index in [-0.39, 0.29) is 6.03 Å². The van der Waals surface area contributed by atoms with E-state index in [9.17, 15) is 4.79 Å². The number of amides is 2. The summed E-state index contributed by atoms with van der Waals surface area (Å²) in [6.45, 7) is 5.12. The van der Waals surface area contributed by atoms with Crippen molar-refractivity contribution >= 4 is 17.4 Å². The second-order valence-corrected chi connectivity index (χ2v) is 6.91. The lowest BCUT2D eigenvalue weighted by molar-refractivity contribution is 0.252. The van der Waals surface area contributed by atoms with Crippen LogP contribution in [0.1, 0.15) is 30.9 Å². The van der Waals surface area contributed by atoms with Crippen LogP contribution < -0.4 is 20.3 Å². The monoisotopic (exact) mass is 367 g/mol. The van der Waals surface area contributed by atoms with Crippen molar-refractivity contribution in [2.24, 2.45) is 0 Å². The van der Waals surface area contributed by atoms with Crippen molar-refractivity contribution in [3.05, 3.63) is 53.6 Å². The Morgan fingerprint density at radius 1 is 1.19 bits per heavy atom. The number of hydrogen-bond donors (Lipinski definition) is 2. The molecule has 2 aromatic carbocycles. The van der Waals surface area contributed by atoms with Gasteiger partial charge in [-0.2, -0.15) is 0 Å². The molecule has 0 aliphatic carbocycles. The number of fused-ring (bicyclic) bond motifs is 1. The molecular weight excluding hydrogens is 338 g/mol. The highest BCUT2D eigenvalue weighted by atomic mass is 16.5. The molecule has 1 heterocycles. The smallest absolute Gasteiger partial charge is 0.319 e. The number of anilines is 2. The van der Waals surface area contributed by atoms with Crippen LogP contribution in [0.4, 0.5) is 16.2 Å². The van der Waals surface area contributed by atoms with E-state index in [0.29, 0.717) is 6.54 Å². The predicted octanol–water partition coefficient (Wildman–Crippen LogP) is 4.22. The predicted molar refractivity (Wildman–Crippen MR) is 111 cm³/mol. The van der Waals surface area contributed by atoms with Crippen molar-refractivity contribution in [1.82, 2.24) is 5.32 Å². The maximum atomic E-state index is 12.0. The summed E-state index contributed by atoms with van der Waals surface area (Å²) in [7, 11) is 1.62. The first-order valence-electron chi connectivity index (χ1n) is 9.75. The lowest BCUT2D eigenvalue weighted by Gasteiger charge is -2.31. The fourth-order valence-electron chi connectivity index (χ4n) is 3.56. The summed E-state index contributed by atoms with van der Waals surface area (Å²) in [5.41, 5.74) is 4.85. The standard InChI is InChI=1S/C22H29N3O2/c1-3-14-25-15-4-5-18-16-17(6-11-21(18)25)12-13-23-22(26)24-19-7-9-20(27-2)10-8-19/h6-11,16H,3-5,12-15H2,1-2H3,(H2,23,24,26). The van der Waals surface area contributed by atoms with E-state index in [1.165, 1.54) is 29.7 Å². The van der Waals surface area contributed by atoms with Gasteiger partial charge in [0.25, 0.3) is 0 Å². The number of carbonyl (C=O) groups is 1. The zero-order valence-electron chi connectivity index (χ0n) is 16.3. The molecule has 2 N–H and O–H groups in total. The van der Waals surface area contributed by atoms with Crippen molar-refractivity contribution in [2.75, 3.05) is 37.0 Å². The van der Waals surface area contributed by atoms with Gasteiger partial charge in [-0.15, -0.1) is 0 Å². The molecule has 0 saturated carbocycles. The SMILES string of the molecule is CCCN1CCCc2cc(CCNC(=O)Nc3ccc(OC)cc3)ccc21. The molecule has 0 aromatic heterocycles. The molecule has 3 rings (SSSR count). The molecule has 0 atom stereocenters. The average molecular weight is 367 g/mol. The summed E-state index contributed by atoms with van der Waals surface area (Å²) >= 11 is 0. The Bertz CT molecular complexity index is 759. The Morgan fingerprint density at radius 3 is 2.74 bits per heavy atom. The van der Waals surface area contributed by atoms with Gasteiger partial charge in [0.1, 0.15) is 5.75 Å². The van der Waals surface area contributed by atoms with Crippen LogP contribution in [0.2, 0.25) is 0 Å². The largest absolute Gasteiger partial charge is 0.497 e. The van der Waals surface area contributed by atoms with Crippen molar-refractivity contribution in [2.45, 2.75) is 32.6 Å². The molecule has 5 nitrogen and oxygen atoms in total. The Labute approximate surface area is 161 Å². The third kappa shape index (κ3) is 5.16. The minimum Gasteiger partial charge on any atom is -0.497 e. The molecule has 0 saturated heterocycles. The lowest BCUT2D eigenvalue weighted by atomic mass is 9.98. The van der Waals surface area contributed by atoms with Crippen LogP contribution >= 0.6 is 0 Å². The Balaban J connectivity index is 1.49.